The van der Waals surface area contributed by atoms with E-state index in [2.05, 4.69) is 15.0 Å². The Labute approximate surface area is 100 Å². The van der Waals surface area contributed by atoms with Crippen LogP contribution in [0.15, 0.2) is 18.3 Å². The predicted molar refractivity (Wildman–Crippen MR) is 61.8 cm³/mol. The third kappa shape index (κ3) is 3.49. The molecule has 1 atom stereocenters. The summed E-state index contributed by atoms with van der Waals surface area (Å²) in [5, 5.41) is 3.08. The number of rotatable bonds is 4. The molecule has 4 nitrogen and oxygen atoms in total. The molecular formula is C12H17FN2O2. The number of carbonyl (C=O) groups is 1. The van der Waals surface area contributed by atoms with Crippen LogP contribution >= 0.6 is 0 Å². The molecule has 0 aliphatic rings. The summed E-state index contributed by atoms with van der Waals surface area (Å²) in [5.41, 5.74) is -0.145. The topological polar surface area (TPSA) is 51.2 Å². The Balaban J connectivity index is 2.75. The number of pyridine rings is 1. The number of halogens is 1. The summed E-state index contributed by atoms with van der Waals surface area (Å²) >= 11 is 0. The van der Waals surface area contributed by atoms with E-state index in [0.717, 1.165) is 6.20 Å². The Morgan fingerprint density at radius 3 is 2.65 bits per heavy atom. The van der Waals surface area contributed by atoms with Crippen molar-refractivity contribution in [2.24, 2.45) is 0 Å². The second kappa shape index (κ2) is 5.23. The molecule has 5 heteroatoms. The van der Waals surface area contributed by atoms with E-state index in [0.29, 0.717) is 5.69 Å². The molecule has 17 heavy (non-hydrogen) atoms. The van der Waals surface area contributed by atoms with Crippen LogP contribution in [-0.2, 0) is 9.53 Å². The van der Waals surface area contributed by atoms with Gasteiger partial charge in [0, 0.05) is 6.04 Å². The number of esters is 1. The SMILES string of the molecule is COC(=O)C(C)(C)NC(C)c1ccc(F)cn1. The van der Waals surface area contributed by atoms with Crippen LogP contribution in [0.25, 0.3) is 0 Å². The van der Waals surface area contributed by atoms with Crippen molar-refractivity contribution in [3.8, 4) is 0 Å². The number of methoxy groups -OCH3 is 1. The number of hydrogen-bond donors (Lipinski definition) is 1. The van der Waals surface area contributed by atoms with Crippen molar-refractivity contribution in [3.63, 3.8) is 0 Å². The summed E-state index contributed by atoms with van der Waals surface area (Å²) in [6.07, 6.45) is 1.15. The van der Waals surface area contributed by atoms with Gasteiger partial charge in [0.15, 0.2) is 0 Å². The highest BCUT2D eigenvalue weighted by Crippen LogP contribution is 2.15. The molecule has 1 heterocycles. The van der Waals surface area contributed by atoms with Crippen LogP contribution in [0.4, 0.5) is 4.39 Å². The highest BCUT2D eigenvalue weighted by atomic mass is 19.1. The van der Waals surface area contributed by atoms with Crippen molar-refractivity contribution in [2.75, 3.05) is 7.11 Å². The molecule has 0 bridgehead atoms. The van der Waals surface area contributed by atoms with Gasteiger partial charge in [-0.3, -0.25) is 15.1 Å². The van der Waals surface area contributed by atoms with Gasteiger partial charge in [0.05, 0.1) is 19.0 Å². The third-order valence-corrected chi connectivity index (χ3v) is 2.47. The number of hydrogen-bond acceptors (Lipinski definition) is 4. The van der Waals surface area contributed by atoms with Crippen LogP contribution in [0.5, 0.6) is 0 Å². The van der Waals surface area contributed by atoms with Gasteiger partial charge >= 0.3 is 5.97 Å². The lowest BCUT2D eigenvalue weighted by Crippen LogP contribution is -2.48. The first kappa shape index (κ1) is 13.6. The summed E-state index contributed by atoms with van der Waals surface area (Å²) in [4.78, 5) is 15.4. The molecule has 0 aromatic carbocycles. The molecule has 94 valence electrons. The summed E-state index contributed by atoms with van der Waals surface area (Å²) in [6, 6.07) is 2.75. The number of aromatic nitrogens is 1. The van der Waals surface area contributed by atoms with E-state index in [1.165, 1.54) is 13.2 Å². The minimum Gasteiger partial charge on any atom is -0.468 e. The van der Waals surface area contributed by atoms with Crippen molar-refractivity contribution in [1.29, 1.82) is 0 Å². The van der Waals surface area contributed by atoms with Gasteiger partial charge in [-0.2, -0.15) is 0 Å². The Morgan fingerprint density at radius 1 is 1.53 bits per heavy atom. The Bertz CT molecular complexity index is 390. The quantitative estimate of drug-likeness (QED) is 0.816. The monoisotopic (exact) mass is 240 g/mol. The van der Waals surface area contributed by atoms with Gasteiger partial charge in [-0.05, 0) is 32.9 Å². The van der Waals surface area contributed by atoms with Crippen molar-refractivity contribution in [3.05, 3.63) is 29.8 Å². The molecule has 1 unspecified atom stereocenters. The van der Waals surface area contributed by atoms with Gasteiger partial charge in [-0.1, -0.05) is 0 Å². The van der Waals surface area contributed by atoms with Crippen molar-refractivity contribution in [2.45, 2.75) is 32.4 Å². The zero-order valence-corrected chi connectivity index (χ0v) is 10.5. The minimum absolute atomic E-state index is 0.176. The maximum Gasteiger partial charge on any atom is 0.325 e. The molecule has 0 amide bonds. The molecule has 0 aliphatic carbocycles. The highest BCUT2D eigenvalue weighted by Gasteiger charge is 2.30. The Hall–Kier alpha value is -1.49. The molecule has 1 N–H and O–H groups in total. The van der Waals surface area contributed by atoms with Crippen molar-refractivity contribution >= 4 is 5.97 Å². The van der Waals surface area contributed by atoms with Gasteiger partial charge in [-0.25, -0.2) is 4.39 Å². The van der Waals surface area contributed by atoms with Crippen LogP contribution in [0.1, 0.15) is 32.5 Å². The largest absolute Gasteiger partial charge is 0.468 e. The smallest absolute Gasteiger partial charge is 0.325 e. The molecule has 0 spiro atoms. The average molecular weight is 240 g/mol. The summed E-state index contributed by atoms with van der Waals surface area (Å²) < 4.78 is 17.4. The van der Waals surface area contributed by atoms with Crippen LogP contribution in [-0.4, -0.2) is 23.6 Å². The highest BCUT2D eigenvalue weighted by molar-refractivity contribution is 5.79. The number of nitrogens with zero attached hydrogens (tertiary/aromatic N) is 1. The van der Waals surface area contributed by atoms with Crippen LogP contribution < -0.4 is 5.32 Å². The van der Waals surface area contributed by atoms with E-state index in [9.17, 15) is 9.18 Å². The van der Waals surface area contributed by atoms with Gasteiger partial charge in [0.1, 0.15) is 11.4 Å². The molecule has 1 rings (SSSR count). The fourth-order valence-corrected chi connectivity index (χ4v) is 1.57. The first-order chi connectivity index (χ1) is 7.86. The zero-order chi connectivity index (χ0) is 13.1. The van der Waals surface area contributed by atoms with E-state index in [1.54, 1.807) is 19.9 Å². The molecular weight excluding hydrogens is 223 g/mol. The van der Waals surface area contributed by atoms with E-state index in [-0.39, 0.29) is 17.8 Å². The first-order valence-corrected chi connectivity index (χ1v) is 5.34. The van der Waals surface area contributed by atoms with Crippen LogP contribution in [0.2, 0.25) is 0 Å². The Kier molecular flexibility index (Phi) is 4.17. The van der Waals surface area contributed by atoms with E-state index < -0.39 is 5.54 Å². The normalized spacial score (nSPS) is 13.2. The van der Waals surface area contributed by atoms with Gasteiger partial charge in [-0.15, -0.1) is 0 Å². The summed E-state index contributed by atoms with van der Waals surface area (Å²) in [7, 11) is 1.34. The molecule has 0 fully saturated rings. The lowest BCUT2D eigenvalue weighted by molar-refractivity contribution is -0.147. The molecule has 0 aliphatic heterocycles. The Morgan fingerprint density at radius 2 is 2.18 bits per heavy atom. The standard InChI is InChI=1S/C12H17FN2O2/c1-8(10-6-5-9(13)7-14-10)15-12(2,3)11(16)17-4/h5-8,15H,1-4H3. The maximum absolute atomic E-state index is 12.7. The molecule has 1 aromatic rings. The predicted octanol–water partition coefficient (Wildman–Crippen LogP) is 1.82. The van der Waals surface area contributed by atoms with E-state index >= 15 is 0 Å². The molecule has 0 saturated carbocycles. The summed E-state index contributed by atoms with van der Waals surface area (Å²) in [6.45, 7) is 5.29. The molecule has 0 saturated heterocycles. The van der Waals surface area contributed by atoms with E-state index in [1.807, 2.05) is 6.92 Å². The van der Waals surface area contributed by atoms with Gasteiger partial charge in [0.2, 0.25) is 0 Å². The van der Waals surface area contributed by atoms with Crippen LogP contribution in [0, 0.1) is 5.82 Å². The molecule has 0 radical (unpaired) electrons. The number of nitrogens with one attached hydrogen (secondary N) is 1. The maximum atomic E-state index is 12.7. The zero-order valence-electron chi connectivity index (χ0n) is 10.5. The fourth-order valence-electron chi connectivity index (χ4n) is 1.57. The lowest BCUT2D eigenvalue weighted by atomic mass is 10.0. The lowest BCUT2D eigenvalue weighted by Gasteiger charge is -2.27. The number of carbonyl (C=O) groups excluding carboxylic acids is 1. The van der Waals surface area contributed by atoms with Crippen molar-refractivity contribution < 1.29 is 13.9 Å². The average Bonchev–Trinajstić information content (AvgIpc) is 2.28. The van der Waals surface area contributed by atoms with Crippen LogP contribution in [0.3, 0.4) is 0 Å². The fraction of sp³-hybridized carbons (Fsp3) is 0.500. The van der Waals surface area contributed by atoms with Crippen molar-refractivity contribution in [1.82, 2.24) is 10.3 Å². The van der Waals surface area contributed by atoms with Gasteiger partial charge < -0.3 is 4.74 Å². The molecule has 1 aromatic heterocycles. The second-order valence-electron chi connectivity index (χ2n) is 4.38. The first-order valence-electron chi connectivity index (χ1n) is 5.34. The number of ether oxygens (including phenoxy) is 1. The minimum atomic E-state index is -0.815. The summed E-state index contributed by atoms with van der Waals surface area (Å²) in [5.74, 6) is -0.736. The van der Waals surface area contributed by atoms with Gasteiger partial charge in [0.25, 0.3) is 0 Å². The second-order valence-corrected chi connectivity index (χ2v) is 4.38. The third-order valence-electron chi connectivity index (χ3n) is 2.47. The van der Waals surface area contributed by atoms with E-state index in [4.69, 9.17) is 0 Å².